The molecular formula is C32H33F2NO5. The quantitative estimate of drug-likeness (QED) is 0.305. The molecule has 2 aliphatic rings. The zero-order valence-electron chi connectivity index (χ0n) is 22.2. The summed E-state index contributed by atoms with van der Waals surface area (Å²) in [6.07, 6.45) is 1.40. The summed E-state index contributed by atoms with van der Waals surface area (Å²) in [5, 5.41) is 0. The molecule has 1 saturated heterocycles. The van der Waals surface area contributed by atoms with Crippen LogP contribution in [0.15, 0.2) is 78.9 Å². The minimum atomic E-state index is -0.712. The lowest BCUT2D eigenvalue weighted by molar-refractivity contribution is -0.150. The minimum absolute atomic E-state index is 0.0856. The Bertz CT molecular complexity index is 1280. The second-order valence-corrected chi connectivity index (χ2v) is 10.4. The van der Waals surface area contributed by atoms with Crippen LogP contribution in [0.1, 0.15) is 48.3 Å². The maximum Gasteiger partial charge on any atom is 0.410 e. The largest absolute Gasteiger partial charge is 0.461 e. The van der Waals surface area contributed by atoms with Gasteiger partial charge in [-0.05, 0) is 48.4 Å². The van der Waals surface area contributed by atoms with E-state index in [1.807, 2.05) is 60.7 Å². The summed E-state index contributed by atoms with van der Waals surface area (Å²) < 4.78 is 45.7. The predicted octanol–water partition coefficient (Wildman–Crippen LogP) is 6.39. The average molecular weight is 550 g/mol. The Morgan fingerprint density at radius 1 is 0.800 bits per heavy atom. The Morgan fingerprint density at radius 3 is 2.05 bits per heavy atom. The fraction of sp³-hybridized carbons (Fsp3) is 0.375. The van der Waals surface area contributed by atoms with Crippen LogP contribution in [0.3, 0.4) is 0 Å². The highest BCUT2D eigenvalue weighted by atomic mass is 19.1. The third-order valence-corrected chi connectivity index (χ3v) is 7.82. The van der Waals surface area contributed by atoms with Gasteiger partial charge < -0.3 is 19.1 Å². The second-order valence-electron chi connectivity index (χ2n) is 10.4. The van der Waals surface area contributed by atoms with Crippen molar-refractivity contribution >= 4 is 12.1 Å². The van der Waals surface area contributed by atoms with E-state index in [2.05, 4.69) is 0 Å². The molecule has 1 heterocycles. The normalized spacial score (nSPS) is 21.1. The summed E-state index contributed by atoms with van der Waals surface area (Å²) in [5.74, 6) is -3.16. The first-order valence-corrected chi connectivity index (χ1v) is 13.7. The molecule has 0 N–H and O–H groups in total. The number of halogens is 2. The van der Waals surface area contributed by atoms with E-state index in [0.717, 1.165) is 17.2 Å². The molecule has 3 aromatic carbocycles. The summed E-state index contributed by atoms with van der Waals surface area (Å²) >= 11 is 0. The van der Waals surface area contributed by atoms with Crippen LogP contribution >= 0.6 is 0 Å². The monoisotopic (exact) mass is 549 g/mol. The Morgan fingerprint density at radius 2 is 1.43 bits per heavy atom. The highest BCUT2D eigenvalue weighted by Crippen LogP contribution is 2.45. The van der Waals surface area contributed by atoms with Gasteiger partial charge in [0.2, 0.25) is 0 Å². The fourth-order valence-electron chi connectivity index (χ4n) is 5.83. The zero-order valence-corrected chi connectivity index (χ0v) is 22.2. The number of benzene rings is 3. The Kier molecular flexibility index (Phi) is 9.06. The van der Waals surface area contributed by atoms with E-state index in [9.17, 15) is 14.0 Å². The van der Waals surface area contributed by atoms with Crippen molar-refractivity contribution in [3.05, 3.63) is 107 Å². The smallest absolute Gasteiger partial charge is 0.410 e. The summed E-state index contributed by atoms with van der Waals surface area (Å²) in [6.45, 7) is 1.23. The molecule has 40 heavy (non-hydrogen) atoms. The lowest BCUT2D eigenvalue weighted by Gasteiger charge is -2.37. The Balaban J connectivity index is 1.39. The van der Waals surface area contributed by atoms with E-state index in [1.54, 1.807) is 4.90 Å². The number of hydrogen-bond acceptors (Lipinski definition) is 5. The van der Waals surface area contributed by atoms with E-state index in [-0.39, 0.29) is 31.2 Å². The molecule has 1 amide bonds. The van der Waals surface area contributed by atoms with Gasteiger partial charge in [-0.3, -0.25) is 4.79 Å². The van der Waals surface area contributed by atoms with E-state index < -0.39 is 41.6 Å². The number of amides is 1. The fourth-order valence-corrected chi connectivity index (χ4v) is 5.83. The average Bonchev–Trinajstić information content (AvgIpc) is 3.41. The number of nitrogens with zero attached hydrogens (tertiary/aromatic N) is 1. The Hall–Kier alpha value is -3.78. The van der Waals surface area contributed by atoms with E-state index >= 15 is 4.39 Å². The van der Waals surface area contributed by atoms with Crippen molar-refractivity contribution in [1.29, 1.82) is 0 Å². The number of carbonyl (C=O) groups excluding carboxylic acids is 2. The Labute approximate surface area is 232 Å². The minimum Gasteiger partial charge on any atom is -0.461 e. The molecule has 6 nitrogen and oxygen atoms in total. The lowest BCUT2D eigenvalue weighted by atomic mass is 9.88. The third kappa shape index (κ3) is 6.67. The lowest BCUT2D eigenvalue weighted by Crippen LogP contribution is -2.49. The van der Waals surface area contributed by atoms with Crippen LogP contribution < -0.4 is 0 Å². The highest BCUT2D eigenvalue weighted by molar-refractivity contribution is 5.75. The van der Waals surface area contributed by atoms with Crippen LogP contribution in [-0.2, 0) is 32.2 Å². The molecule has 1 aliphatic carbocycles. The number of carbonyl (C=O) groups is 2. The van der Waals surface area contributed by atoms with Crippen LogP contribution in [0.5, 0.6) is 0 Å². The molecule has 0 aromatic heterocycles. The van der Waals surface area contributed by atoms with Crippen molar-refractivity contribution in [2.45, 2.75) is 56.9 Å². The summed E-state index contributed by atoms with van der Waals surface area (Å²) in [6, 6.07) is 21.6. The standard InChI is InChI=1S/C32H33F2NO5/c33-24-11-12-27(30(34)17-24)28-18-26(19-29(28)31(36)39-20-22-7-3-1-4-8-22)35(25-13-15-38-16-14-25)32(37)40-21-23-9-5-2-6-10-23/h1-12,17,25-26,28-29H,13-16,18-21H2/t26?,28-,29+/m0/s1. The third-order valence-electron chi connectivity index (χ3n) is 7.82. The van der Waals surface area contributed by atoms with Gasteiger partial charge in [0.15, 0.2) is 0 Å². The van der Waals surface area contributed by atoms with E-state index in [0.29, 0.717) is 32.5 Å². The molecule has 1 aliphatic heterocycles. The van der Waals surface area contributed by atoms with Gasteiger partial charge in [-0.15, -0.1) is 0 Å². The first-order valence-electron chi connectivity index (χ1n) is 13.7. The molecule has 3 aromatic rings. The molecule has 5 rings (SSSR count). The molecule has 2 fully saturated rings. The van der Waals surface area contributed by atoms with E-state index in [1.165, 1.54) is 12.1 Å². The zero-order chi connectivity index (χ0) is 27.9. The first-order chi connectivity index (χ1) is 19.5. The van der Waals surface area contributed by atoms with Crippen LogP contribution in [0.25, 0.3) is 0 Å². The van der Waals surface area contributed by atoms with Crippen molar-refractivity contribution in [1.82, 2.24) is 4.90 Å². The molecule has 1 unspecified atom stereocenters. The maximum atomic E-state index is 15.0. The number of ether oxygens (including phenoxy) is 3. The molecular weight excluding hydrogens is 516 g/mol. The van der Waals surface area contributed by atoms with Gasteiger partial charge in [0, 0.05) is 37.3 Å². The van der Waals surface area contributed by atoms with Crippen molar-refractivity contribution < 1.29 is 32.6 Å². The molecule has 0 spiro atoms. The molecule has 0 bridgehead atoms. The molecule has 1 saturated carbocycles. The number of rotatable bonds is 8. The molecule has 8 heteroatoms. The SMILES string of the molecule is O=C(OCc1ccccc1)[C@@H]1CC(N(C(=O)OCc2ccccc2)C2CCOCC2)C[C@H]1c1ccc(F)cc1F. The van der Waals surface area contributed by atoms with Crippen LogP contribution in [0, 0.1) is 17.6 Å². The summed E-state index contributed by atoms with van der Waals surface area (Å²) in [5.41, 5.74) is 1.95. The molecule has 210 valence electrons. The molecule has 3 atom stereocenters. The van der Waals surface area contributed by atoms with E-state index in [4.69, 9.17) is 14.2 Å². The van der Waals surface area contributed by atoms with Crippen molar-refractivity contribution in [3.8, 4) is 0 Å². The van der Waals surface area contributed by atoms with Crippen molar-refractivity contribution in [2.24, 2.45) is 5.92 Å². The van der Waals surface area contributed by atoms with Gasteiger partial charge in [0.25, 0.3) is 0 Å². The first kappa shape index (κ1) is 27.8. The number of esters is 1. The predicted molar refractivity (Wildman–Crippen MR) is 144 cm³/mol. The van der Waals surface area contributed by atoms with Crippen LogP contribution in [-0.4, -0.2) is 42.3 Å². The maximum absolute atomic E-state index is 15.0. The van der Waals surface area contributed by atoms with Gasteiger partial charge in [-0.25, -0.2) is 13.6 Å². The number of hydrogen-bond donors (Lipinski definition) is 0. The highest BCUT2D eigenvalue weighted by Gasteiger charge is 2.47. The van der Waals surface area contributed by atoms with Gasteiger partial charge in [0.1, 0.15) is 24.8 Å². The van der Waals surface area contributed by atoms with Gasteiger partial charge >= 0.3 is 12.1 Å². The molecule has 0 radical (unpaired) electrons. The van der Waals surface area contributed by atoms with Crippen molar-refractivity contribution in [2.75, 3.05) is 13.2 Å². The van der Waals surface area contributed by atoms with Crippen LogP contribution in [0.4, 0.5) is 13.6 Å². The van der Waals surface area contributed by atoms with Crippen molar-refractivity contribution in [3.63, 3.8) is 0 Å². The second kappa shape index (κ2) is 13.0. The van der Waals surface area contributed by atoms with Crippen LogP contribution in [0.2, 0.25) is 0 Å². The van der Waals surface area contributed by atoms with Gasteiger partial charge in [-0.2, -0.15) is 0 Å². The van der Waals surface area contributed by atoms with Gasteiger partial charge in [-0.1, -0.05) is 66.7 Å². The summed E-state index contributed by atoms with van der Waals surface area (Å²) in [7, 11) is 0. The van der Waals surface area contributed by atoms with Gasteiger partial charge in [0.05, 0.1) is 5.92 Å². The topological polar surface area (TPSA) is 65.1 Å². The summed E-state index contributed by atoms with van der Waals surface area (Å²) in [4.78, 5) is 28.7.